The van der Waals surface area contributed by atoms with Gasteiger partial charge in [-0.2, -0.15) is 0 Å². The number of benzene rings is 2. The van der Waals surface area contributed by atoms with Crippen LogP contribution in [-0.4, -0.2) is 143 Å². The summed E-state index contributed by atoms with van der Waals surface area (Å²) in [5, 5.41) is 45.7. The van der Waals surface area contributed by atoms with Crippen LogP contribution in [0.4, 0.5) is 9.59 Å². The van der Waals surface area contributed by atoms with E-state index in [-0.39, 0.29) is 54.9 Å². The van der Waals surface area contributed by atoms with Crippen molar-refractivity contribution in [2.45, 2.75) is 167 Å². The summed E-state index contributed by atoms with van der Waals surface area (Å²) in [6, 6.07) is 15.0. The topological polar surface area (TPSA) is 262 Å². The summed E-state index contributed by atoms with van der Waals surface area (Å²) in [6.45, 7) is 14.2. The number of piperidine rings is 4. The van der Waals surface area contributed by atoms with E-state index >= 15 is 0 Å². The molecule has 21 heteroatoms. The largest absolute Gasteiger partial charge is 0.547 e. The number of ether oxygens (including phenoxy) is 3. The number of aromatic nitrogens is 4. The maximum absolute atomic E-state index is 13.6. The molecular formula is C66H77N8O13-. The summed E-state index contributed by atoms with van der Waals surface area (Å²) >= 11 is 0. The third kappa shape index (κ3) is 10.7. The Kier molecular flexibility index (Phi) is 16.6. The highest BCUT2D eigenvalue weighted by atomic mass is 16.6. The number of aryl methyl sites for hydroxylation is 2. The molecule has 2 aromatic carbocycles. The van der Waals surface area contributed by atoms with Gasteiger partial charge < -0.3 is 68.2 Å². The van der Waals surface area contributed by atoms with Crippen molar-refractivity contribution in [3.8, 4) is 34.3 Å². The van der Waals surface area contributed by atoms with Crippen LogP contribution in [0.15, 0.2) is 58.1 Å². The van der Waals surface area contributed by atoms with Crippen molar-refractivity contribution in [2.24, 2.45) is 0 Å². The average Bonchev–Trinajstić information content (AvgIpc) is 1.65. The van der Waals surface area contributed by atoms with Gasteiger partial charge >= 0.3 is 18.2 Å². The van der Waals surface area contributed by atoms with Crippen molar-refractivity contribution in [1.82, 2.24) is 38.7 Å². The third-order valence-electron chi connectivity index (χ3n) is 19.7. The van der Waals surface area contributed by atoms with E-state index in [4.69, 9.17) is 24.2 Å². The third-order valence-corrected chi connectivity index (χ3v) is 19.7. The quantitative estimate of drug-likeness (QED) is 0.119. The Balaban J connectivity index is 0.000000170. The van der Waals surface area contributed by atoms with Crippen LogP contribution in [0.5, 0.6) is 11.5 Å². The molecular weight excluding hydrogens is 1110 g/mol. The van der Waals surface area contributed by atoms with Gasteiger partial charge in [0.2, 0.25) is 0 Å². The van der Waals surface area contributed by atoms with Crippen LogP contribution in [0, 0.1) is 0 Å². The lowest BCUT2D eigenvalue weighted by atomic mass is 9.86. The predicted molar refractivity (Wildman–Crippen MR) is 321 cm³/mol. The number of likely N-dealkylation sites (tertiary alicyclic amines) is 4. The molecule has 4 saturated heterocycles. The average molecular weight is 1190 g/mol. The van der Waals surface area contributed by atoms with E-state index in [2.05, 4.69) is 16.7 Å². The minimum atomic E-state index is -2.44. The Morgan fingerprint density at radius 1 is 0.644 bits per heavy atom. The number of aliphatic hydroxyl groups excluding tert-OH is 1. The number of carboxylic acid groups (broad SMARTS) is 1. The zero-order valence-corrected chi connectivity index (χ0v) is 50.2. The summed E-state index contributed by atoms with van der Waals surface area (Å²) in [6.07, 6.45) is 11.9. The summed E-state index contributed by atoms with van der Waals surface area (Å²) in [4.78, 5) is 96.2. The molecule has 0 saturated carbocycles. The van der Waals surface area contributed by atoms with Gasteiger partial charge in [0.1, 0.15) is 23.7 Å². The lowest BCUT2D eigenvalue weighted by Crippen LogP contribution is -2.48. The molecule has 3 N–H and O–H groups in total. The number of carbonyl (C=O) groups excluding carboxylic acids is 4. The zero-order valence-electron chi connectivity index (χ0n) is 50.2. The number of cyclic esters (lactones) is 1. The summed E-state index contributed by atoms with van der Waals surface area (Å²) in [5.41, 5.74) is 2.19. The Hall–Kier alpha value is -7.56. The standard InChI is InChI=1S/C33H40N4O7.C33H38N4O6/c1-3-22-23-16-21(44-32(42)36-14-10-20(11-15-36)35-12-6-5-7-13-35)8-9-27(23)34-29-24(22)18-37-28(29)17-26(25(19-38)30(37)39)33(43,4-2)31(40)41;1-3-22-23-16-21(43-32(40)36-14-10-20(11-15-36)35-12-6-5-7-13-35)8-9-27(23)34-29-24(22)18-37-28(29)17-26-25(30(37)38)19-42-31(39)33(26,41)4-2/h8-9,16-17,20,38,43H,3-7,10-15,18-19H2,1-2H3,(H,40,41);8-9,16-17,20,41H,3-7,10-15,18-19H2,1-2H3/p-1/t2*33-/m00/s1. The number of aliphatic carboxylic acids is 1. The number of aliphatic hydroxyl groups is 3. The molecule has 7 aliphatic rings. The first-order valence-electron chi connectivity index (χ1n) is 31.3. The van der Waals surface area contributed by atoms with Crippen LogP contribution < -0.4 is 25.7 Å². The van der Waals surface area contributed by atoms with E-state index < -0.39 is 35.3 Å². The Labute approximate surface area is 504 Å². The van der Waals surface area contributed by atoms with Crippen LogP contribution in [0.3, 0.4) is 0 Å². The number of carboxylic acids is 1. The molecule has 7 aliphatic heterocycles. The number of esters is 1. The van der Waals surface area contributed by atoms with E-state index in [1.807, 2.05) is 30.0 Å². The first kappa shape index (κ1) is 59.8. The van der Waals surface area contributed by atoms with Crippen molar-refractivity contribution >= 4 is 45.9 Å². The first-order chi connectivity index (χ1) is 42.0. The molecule has 87 heavy (non-hydrogen) atoms. The Morgan fingerprint density at radius 3 is 1.55 bits per heavy atom. The Morgan fingerprint density at radius 2 is 1.11 bits per heavy atom. The fourth-order valence-corrected chi connectivity index (χ4v) is 14.7. The predicted octanol–water partition coefficient (Wildman–Crippen LogP) is 6.37. The number of fused-ring (bicyclic) bond motifs is 9. The van der Waals surface area contributed by atoms with E-state index in [0.717, 1.165) is 77.3 Å². The normalized spacial score (nSPS) is 20.4. The summed E-state index contributed by atoms with van der Waals surface area (Å²) in [7, 11) is 0. The van der Waals surface area contributed by atoms with Crippen LogP contribution in [-0.2, 0) is 64.7 Å². The second-order valence-corrected chi connectivity index (χ2v) is 24.3. The van der Waals surface area contributed by atoms with E-state index in [0.29, 0.717) is 109 Å². The molecule has 0 spiro atoms. The van der Waals surface area contributed by atoms with Crippen LogP contribution >= 0.6 is 0 Å². The SMILES string of the molecule is CCc1c2c(nc3ccc(OC(=O)N4CCC(N5CCCCC5)CC4)cc13)-c1cc([C@@](O)(CC)C(=O)[O-])c(CO)c(=O)n1C2.CCc1c2c(nc3ccc(OC(=O)N4CCC(N5CCCCC5)CC4)cc13)-c1cc3c(c(=O)n1C2)COC(=O)[C@]3(O)CC. The highest BCUT2D eigenvalue weighted by Crippen LogP contribution is 2.43. The number of hydrogen-bond acceptors (Lipinski definition) is 17. The van der Waals surface area contributed by atoms with Crippen LogP contribution in [0.1, 0.15) is 149 Å². The molecule has 0 aliphatic carbocycles. The van der Waals surface area contributed by atoms with Gasteiger partial charge in [0.05, 0.1) is 65.0 Å². The molecule has 2 atom stereocenters. The van der Waals surface area contributed by atoms with E-state index in [1.54, 1.807) is 40.7 Å². The second kappa shape index (κ2) is 24.2. The van der Waals surface area contributed by atoms with E-state index in [9.17, 15) is 49.2 Å². The van der Waals surface area contributed by atoms with Crippen molar-refractivity contribution in [2.75, 3.05) is 52.4 Å². The smallest absolute Gasteiger partial charge is 0.415 e. The maximum Gasteiger partial charge on any atom is 0.415 e. The van der Waals surface area contributed by atoms with Crippen LogP contribution in [0.2, 0.25) is 0 Å². The molecule has 460 valence electrons. The highest BCUT2D eigenvalue weighted by Gasteiger charge is 2.46. The van der Waals surface area contributed by atoms with Gasteiger partial charge in [-0.25, -0.2) is 24.4 Å². The molecule has 13 rings (SSSR count). The summed E-state index contributed by atoms with van der Waals surface area (Å²) in [5.74, 6) is -1.60. The zero-order chi connectivity index (χ0) is 61.1. The second-order valence-electron chi connectivity index (χ2n) is 24.3. The number of pyridine rings is 4. The van der Waals surface area contributed by atoms with E-state index in [1.165, 1.54) is 69.2 Å². The number of amides is 2. The first-order valence-corrected chi connectivity index (χ1v) is 31.3. The van der Waals surface area contributed by atoms with Gasteiger partial charge in [0.25, 0.3) is 11.1 Å². The fourth-order valence-electron chi connectivity index (χ4n) is 14.7. The van der Waals surface area contributed by atoms with Crippen LogP contribution in [0.25, 0.3) is 44.6 Å². The fraction of sp³-hybridized carbons (Fsp3) is 0.515. The number of nitrogens with zero attached hydrogens (tertiary/aromatic N) is 8. The van der Waals surface area contributed by atoms with Gasteiger partial charge in [-0.05, 0) is 163 Å². The molecule has 0 bridgehead atoms. The Bertz CT molecular complexity index is 3850. The van der Waals surface area contributed by atoms with Crippen molar-refractivity contribution in [3.05, 3.63) is 114 Å². The number of rotatable bonds is 11. The lowest BCUT2D eigenvalue weighted by molar-refractivity contribution is -0.326. The minimum absolute atomic E-state index is 0.0951. The van der Waals surface area contributed by atoms with Gasteiger partial charge in [0.15, 0.2) is 5.60 Å². The molecule has 0 radical (unpaired) electrons. The molecule has 0 unspecified atom stereocenters. The van der Waals surface area contributed by atoms with Crippen molar-refractivity contribution in [1.29, 1.82) is 0 Å². The number of hydrogen-bond donors (Lipinski definition) is 3. The lowest BCUT2D eigenvalue weighted by Gasteiger charge is -2.39. The number of carbonyl (C=O) groups is 4. The molecule has 11 heterocycles. The monoisotopic (exact) mass is 1190 g/mol. The molecule has 4 aromatic heterocycles. The molecule has 6 aromatic rings. The van der Waals surface area contributed by atoms with Gasteiger partial charge in [-0.15, -0.1) is 0 Å². The highest BCUT2D eigenvalue weighted by molar-refractivity contribution is 5.92. The molecule has 4 fully saturated rings. The van der Waals surface area contributed by atoms with Gasteiger partial charge in [-0.3, -0.25) is 9.59 Å². The molecule has 2 amide bonds. The van der Waals surface area contributed by atoms with Gasteiger partial charge in [-0.1, -0.05) is 40.5 Å². The maximum atomic E-state index is 13.6. The molecule has 21 nitrogen and oxygen atoms in total. The summed E-state index contributed by atoms with van der Waals surface area (Å²) < 4.78 is 20.0. The van der Waals surface area contributed by atoms with Crippen molar-refractivity contribution < 1.29 is 53.8 Å². The van der Waals surface area contributed by atoms with Crippen molar-refractivity contribution in [3.63, 3.8) is 0 Å². The minimum Gasteiger partial charge on any atom is -0.547 e. The van der Waals surface area contributed by atoms with Gasteiger partial charge in [0, 0.05) is 76.9 Å².